The van der Waals surface area contributed by atoms with Gasteiger partial charge in [0.05, 0.1) is 19.5 Å². The van der Waals surface area contributed by atoms with Gasteiger partial charge in [0.25, 0.3) is 0 Å². The van der Waals surface area contributed by atoms with E-state index in [2.05, 4.69) is 111 Å². The van der Waals surface area contributed by atoms with Crippen LogP contribution >= 0.6 is 0 Å². The molecular weight excluding hydrogens is 625 g/mol. The van der Waals surface area contributed by atoms with E-state index in [1.807, 2.05) is 6.26 Å². The van der Waals surface area contributed by atoms with Gasteiger partial charge in [0.15, 0.2) is 0 Å². The van der Waals surface area contributed by atoms with Gasteiger partial charge >= 0.3 is 0 Å². The summed E-state index contributed by atoms with van der Waals surface area (Å²) >= 11 is 0. The van der Waals surface area contributed by atoms with Crippen molar-refractivity contribution in [2.24, 2.45) is 0 Å². The van der Waals surface area contributed by atoms with Gasteiger partial charge < -0.3 is 14.2 Å². The average Bonchev–Trinajstić information content (AvgIpc) is 3.18. The molecule has 0 unspecified atom stereocenters. The summed E-state index contributed by atoms with van der Waals surface area (Å²) in [6, 6.07) is 31.7. The quantitative estimate of drug-likeness (QED) is 0.0369. The Balaban J connectivity index is 1.40. The van der Waals surface area contributed by atoms with Gasteiger partial charge in [-0.2, -0.15) is 0 Å². The molecule has 0 aromatic heterocycles. The third-order valence-corrected chi connectivity index (χ3v) is 10.1. The molecule has 0 N–H and O–H groups in total. The minimum atomic E-state index is -0.773. The van der Waals surface area contributed by atoms with Crippen molar-refractivity contribution >= 4 is 0 Å². The zero-order valence-corrected chi connectivity index (χ0v) is 32.6. The fourth-order valence-corrected chi connectivity index (χ4v) is 6.99. The second-order valence-corrected chi connectivity index (χ2v) is 14.4. The third kappa shape index (κ3) is 17.5. The Labute approximate surface area is 313 Å². The molecule has 3 aromatic carbocycles. The van der Waals surface area contributed by atoms with Crippen LogP contribution in [0, 0.1) is 0 Å². The summed E-state index contributed by atoms with van der Waals surface area (Å²) in [7, 11) is 0. The molecule has 282 valence electrons. The molecule has 3 nitrogen and oxygen atoms in total. The molecule has 0 saturated carbocycles. The first-order chi connectivity index (χ1) is 25.3. The van der Waals surface area contributed by atoms with Crippen LogP contribution in [0.4, 0.5) is 0 Å². The van der Waals surface area contributed by atoms with Crippen LogP contribution in [0.5, 0.6) is 0 Å². The number of benzene rings is 3. The maximum absolute atomic E-state index is 7.08. The Morgan fingerprint density at radius 2 is 0.863 bits per heavy atom. The largest absolute Gasteiger partial charge is 0.494 e. The van der Waals surface area contributed by atoms with Crippen LogP contribution in [0.15, 0.2) is 103 Å². The summed E-state index contributed by atoms with van der Waals surface area (Å²) in [5.41, 5.74) is 2.52. The van der Waals surface area contributed by atoms with Gasteiger partial charge in [0.1, 0.15) is 11.7 Å². The summed E-state index contributed by atoms with van der Waals surface area (Å²) in [6.45, 7) is 6.18. The molecule has 3 rings (SSSR count). The zero-order valence-electron chi connectivity index (χ0n) is 32.6. The van der Waals surface area contributed by atoms with E-state index in [-0.39, 0.29) is 6.10 Å². The van der Waals surface area contributed by atoms with Crippen molar-refractivity contribution in [2.75, 3.05) is 19.8 Å². The highest BCUT2D eigenvalue weighted by molar-refractivity contribution is 5.47. The van der Waals surface area contributed by atoms with Gasteiger partial charge in [-0.05, 0) is 42.0 Å². The second kappa shape index (κ2) is 28.7. The highest BCUT2D eigenvalue weighted by atomic mass is 16.6. The van der Waals surface area contributed by atoms with Gasteiger partial charge in [-0.3, -0.25) is 0 Å². The number of rotatable bonds is 32. The van der Waals surface area contributed by atoms with Crippen LogP contribution in [-0.4, -0.2) is 25.9 Å². The van der Waals surface area contributed by atoms with Crippen molar-refractivity contribution < 1.29 is 14.2 Å². The fraction of sp³-hybridized carbons (Fsp3) is 0.583. The highest BCUT2D eigenvalue weighted by Gasteiger charge is 2.38. The topological polar surface area (TPSA) is 27.7 Å². The predicted molar refractivity (Wildman–Crippen MR) is 218 cm³/mol. The van der Waals surface area contributed by atoms with Crippen LogP contribution in [0.25, 0.3) is 0 Å². The molecule has 0 aliphatic carbocycles. The van der Waals surface area contributed by atoms with Crippen molar-refractivity contribution in [1.29, 1.82) is 0 Å². The number of allylic oxidation sites excluding steroid dienone is 1. The van der Waals surface area contributed by atoms with Gasteiger partial charge in [-0.25, -0.2) is 0 Å². The molecule has 0 aliphatic heterocycles. The van der Waals surface area contributed by atoms with Gasteiger partial charge in [0.2, 0.25) is 0 Å². The van der Waals surface area contributed by atoms with E-state index in [1.165, 1.54) is 116 Å². The standard InChI is InChI=1S/C48H72O3/c1-3-5-7-9-10-11-12-13-14-15-16-17-18-19-20-21-22-32-40-49-42-47(50-41-33-8-6-4-2)43-51-48(44-34-26-23-27-35-44,45-36-28-24-29-37-45)46-38-30-25-31-39-46/h23-31,33-39,41,47H,3-22,32,40,42-43H2,1-2H3/t47-/m1/s1. The lowest BCUT2D eigenvalue weighted by atomic mass is 9.80. The summed E-state index contributed by atoms with van der Waals surface area (Å²) in [5, 5.41) is 0. The molecule has 3 aromatic rings. The summed E-state index contributed by atoms with van der Waals surface area (Å²) < 4.78 is 19.6. The molecule has 0 saturated heterocycles. The molecule has 3 heteroatoms. The first kappa shape index (κ1) is 42.5. The minimum Gasteiger partial charge on any atom is -0.494 e. The minimum absolute atomic E-state index is 0.214. The summed E-state index contributed by atoms with van der Waals surface area (Å²) in [6.07, 6.45) is 32.1. The lowest BCUT2D eigenvalue weighted by Crippen LogP contribution is -2.37. The van der Waals surface area contributed by atoms with Gasteiger partial charge in [-0.1, -0.05) is 220 Å². The Morgan fingerprint density at radius 3 is 1.27 bits per heavy atom. The lowest BCUT2D eigenvalue weighted by Gasteiger charge is -2.37. The molecule has 0 fully saturated rings. The van der Waals surface area contributed by atoms with Gasteiger partial charge in [0, 0.05) is 6.61 Å². The molecule has 1 atom stereocenters. The average molecular weight is 697 g/mol. The normalized spacial score (nSPS) is 12.4. The van der Waals surface area contributed by atoms with Crippen LogP contribution in [0.1, 0.15) is 165 Å². The van der Waals surface area contributed by atoms with Crippen molar-refractivity contribution in [1.82, 2.24) is 0 Å². The highest BCUT2D eigenvalue weighted by Crippen LogP contribution is 2.40. The monoisotopic (exact) mass is 697 g/mol. The summed E-state index contributed by atoms with van der Waals surface area (Å²) in [5.74, 6) is 0. The van der Waals surface area contributed by atoms with Crippen molar-refractivity contribution in [3.8, 4) is 0 Å². The molecule has 0 amide bonds. The van der Waals surface area contributed by atoms with Crippen LogP contribution in [-0.2, 0) is 19.8 Å². The van der Waals surface area contributed by atoms with E-state index < -0.39 is 5.60 Å². The maximum atomic E-state index is 7.08. The molecule has 0 bridgehead atoms. The van der Waals surface area contributed by atoms with E-state index in [9.17, 15) is 0 Å². The predicted octanol–water partition coefficient (Wildman–Crippen LogP) is 14.1. The number of hydrogen-bond acceptors (Lipinski definition) is 3. The molecule has 0 radical (unpaired) electrons. The maximum Gasteiger partial charge on any atom is 0.144 e. The zero-order chi connectivity index (χ0) is 35.9. The van der Waals surface area contributed by atoms with Crippen LogP contribution in [0.3, 0.4) is 0 Å². The van der Waals surface area contributed by atoms with E-state index >= 15 is 0 Å². The third-order valence-electron chi connectivity index (χ3n) is 10.1. The fourth-order valence-electron chi connectivity index (χ4n) is 6.99. The SMILES string of the molecule is CCCCC=CO[C@H](COCCCCCCCCCCCCCCCCCCCC)COC(c1ccccc1)(c1ccccc1)c1ccccc1. The molecular formula is C48H72O3. The molecule has 0 aliphatic rings. The molecule has 51 heavy (non-hydrogen) atoms. The van der Waals surface area contributed by atoms with Crippen LogP contribution in [0.2, 0.25) is 0 Å². The first-order valence-corrected chi connectivity index (χ1v) is 21.0. The number of ether oxygens (including phenoxy) is 3. The Bertz CT molecular complexity index is 1110. The second-order valence-electron chi connectivity index (χ2n) is 14.4. The van der Waals surface area contributed by atoms with Crippen molar-refractivity contribution in [2.45, 2.75) is 160 Å². The van der Waals surface area contributed by atoms with E-state index in [0.29, 0.717) is 13.2 Å². The van der Waals surface area contributed by atoms with Crippen molar-refractivity contribution in [3.05, 3.63) is 120 Å². The van der Waals surface area contributed by atoms with E-state index in [4.69, 9.17) is 14.2 Å². The Morgan fingerprint density at radius 1 is 0.471 bits per heavy atom. The number of unbranched alkanes of at least 4 members (excludes halogenated alkanes) is 19. The Kier molecular flexibility index (Phi) is 23.9. The number of hydrogen-bond donors (Lipinski definition) is 0. The van der Waals surface area contributed by atoms with Crippen LogP contribution < -0.4 is 0 Å². The van der Waals surface area contributed by atoms with Crippen molar-refractivity contribution in [3.63, 3.8) is 0 Å². The van der Waals surface area contributed by atoms with E-state index in [1.54, 1.807) is 0 Å². The summed E-state index contributed by atoms with van der Waals surface area (Å²) in [4.78, 5) is 0. The first-order valence-electron chi connectivity index (χ1n) is 21.0. The van der Waals surface area contributed by atoms with Gasteiger partial charge in [-0.15, -0.1) is 0 Å². The molecule has 0 heterocycles. The lowest BCUT2D eigenvalue weighted by molar-refractivity contribution is -0.0685. The Hall–Kier alpha value is -2.88. The smallest absolute Gasteiger partial charge is 0.144 e. The molecule has 0 spiro atoms. The van der Waals surface area contributed by atoms with E-state index in [0.717, 1.165) is 42.6 Å².